The Balaban J connectivity index is 2.81. The zero-order valence-corrected chi connectivity index (χ0v) is 8.19. The zero-order valence-electron chi connectivity index (χ0n) is 8.19. The van der Waals surface area contributed by atoms with Gasteiger partial charge in [0, 0.05) is 0 Å². The van der Waals surface area contributed by atoms with E-state index in [4.69, 9.17) is 0 Å². The molecule has 0 aromatic carbocycles. The molecule has 0 radical (unpaired) electrons. The minimum Gasteiger partial charge on any atom is -0.216 e. The van der Waals surface area contributed by atoms with Crippen molar-refractivity contribution >= 4 is 0 Å². The molecule has 0 aliphatic rings. The topological polar surface area (TPSA) is 0 Å². The molecule has 0 saturated carbocycles. The number of hydrogen-bond acceptors (Lipinski definition) is 0. The van der Waals surface area contributed by atoms with Crippen molar-refractivity contribution in [3.05, 3.63) is 12.4 Å². The molecule has 1 heteroatoms. The van der Waals surface area contributed by atoms with E-state index < -0.39 is 0 Å². The highest BCUT2D eigenvalue weighted by atomic mass is 19.1. The summed E-state index contributed by atoms with van der Waals surface area (Å²) >= 11 is 0. The maximum atomic E-state index is 11.5. The van der Waals surface area contributed by atoms with Gasteiger partial charge in [0.1, 0.15) is 0 Å². The van der Waals surface area contributed by atoms with Gasteiger partial charge in [0.2, 0.25) is 0 Å². The van der Waals surface area contributed by atoms with Crippen LogP contribution in [0.1, 0.15) is 58.3 Å². The minimum absolute atomic E-state index is 0.650. The molecule has 0 amide bonds. The van der Waals surface area contributed by atoms with E-state index in [0.717, 1.165) is 12.8 Å². The minimum atomic E-state index is 0.650. The Morgan fingerprint density at radius 2 is 1.50 bits per heavy atom. The molecule has 0 rings (SSSR count). The number of hydrogen-bond donors (Lipinski definition) is 0. The lowest BCUT2D eigenvalue weighted by atomic mass is 10.1. The van der Waals surface area contributed by atoms with Gasteiger partial charge in [-0.25, -0.2) is 4.39 Å². The predicted octanol–water partition coefficient (Wildman–Crippen LogP) is 4.61. The van der Waals surface area contributed by atoms with Crippen LogP contribution in [0.5, 0.6) is 0 Å². The summed E-state index contributed by atoms with van der Waals surface area (Å²) < 4.78 is 11.5. The van der Waals surface area contributed by atoms with Crippen molar-refractivity contribution in [2.75, 3.05) is 0 Å². The van der Waals surface area contributed by atoms with Gasteiger partial charge in [0.25, 0.3) is 0 Å². The van der Waals surface area contributed by atoms with E-state index >= 15 is 0 Å². The SMILES string of the molecule is CCCCCCCCC/C=C\F. The molecule has 12 heavy (non-hydrogen) atoms. The average molecular weight is 172 g/mol. The molecule has 0 aromatic rings. The Morgan fingerprint density at radius 1 is 0.917 bits per heavy atom. The molecule has 0 spiro atoms. The Labute approximate surface area is 75.9 Å². The Hall–Kier alpha value is -0.330. The molecule has 0 N–H and O–H groups in total. The highest BCUT2D eigenvalue weighted by Crippen LogP contribution is 2.08. The van der Waals surface area contributed by atoms with Gasteiger partial charge in [0.15, 0.2) is 0 Å². The van der Waals surface area contributed by atoms with Gasteiger partial charge in [-0.15, -0.1) is 0 Å². The van der Waals surface area contributed by atoms with E-state index in [1.54, 1.807) is 6.08 Å². The molecule has 0 aromatic heterocycles. The van der Waals surface area contributed by atoms with Gasteiger partial charge in [-0.2, -0.15) is 0 Å². The van der Waals surface area contributed by atoms with E-state index in [9.17, 15) is 4.39 Å². The fraction of sp³-hybridized carbons (Fsp3) is 0.818. The normalized spacial score (nSPS) is 11.2. The van der Waals surface area contributed by atoms with Gasteiger partial charge in [-0.1, -0.05) is 51.5 Å². The summed E-state index contributed by atoms with van der Waals surface area (Å²) in [6.07, 6.45) is 12.3. The van der Waals surface area contributed by atoms with E-state index in [0.29, 0.717) is 6.33 Å². The highest BCUT2D eigenvalue weighted by Gasteiger charge is 1.88. The largest absolute Gasteiger partial charge is 0.216 e. The molecule has 0 heterocycles. The van der Waals surface area contributed by atoms with Crippen LogP contribution >= 0.6 is 0 Å². The maximum absolute atomic E-state index is 11.5. The van der Waals surface area contributed by atoms with Crippen molar-refractivity contribution in [3.8, 4) is 0 Å². The van der Waals surface area contributed by atoms with Crippen LogP contribution in [0.25, 0.3) is 0 Å². The van der Waals surface area contributed by atoms with Crippen molar-refractivity contribution in [1.29, 1.82) is 0 Å². The molecular weight excluding hydrogens is 151 g/mol. The fourth-order valence-electron chi connectivity index (χ4n) is 1.28. The van der Waals surface area contributed by atoms with Crippen LogP contribution in [-0.2, 0) is 0 Å². The lowest BCUT2D eigenvalue weighted by Crippen LogP contribution is -1.78. The standard InChI is InChI=1S/C11H21F/c1-2-3-4-5-6-7-8-9-10-11-12/h10-11H,2-9H2,1H3/b11-10-. The van der Waals surface area contributed by atoms with E-state index in [-0.39, 0.29) is 0 Å². The monoisotopic (exact) mass is 172 g/mol. The molecule has 0 saturated heterocycles. The first-order valence-corrected chi connectivity index (χ1v) is 5.17. The van der Waals surface area contributed by atoms with Crippen molar-refractivity contribution in [3.63, 3.8) is 0 Å². The molecular formula is C11H21F. The van der Waals surface area contributed by atoms with Gasteiger partial charge >= 0.3 is 0 Å². The first-order chi connectivity index (χ1) is 5.91. The van der Waals surface area contributed by atoms with Crippen LogP contribution in [0, 0.1) is 0 Å². The molecule has 0 fully saturated rings. The van der Waals surface area contributed by atoms with Crippen LogP contribution in [0.3, 0.4) is 0 Å². The van der Waals surface area contributed by atoms with Gasteiger partial charge in [-0.05, 0) is 12.8 Å². The predicted molar refractivity (Wildman–Crippen MR) is 52.9 cm³/mol. The van der Waals surface area contributed by atoms with E-state index in [2.05, 4.69) is 6.92 Å². The zero-order chi connectivity index (χ0) is 9.07. The van der Waals surface area contributed by atoms with Crippen molar-refractivity contribution in [1.82, 2.24) is 0 Å². The maximum Gasteiger partial charge on any atom is 0.0827 e. The Kier molecular flexibility index (Phi) is 10.4. The lowest BCUT2D eigenvalue weighted by Gasteiger charge is -1.98. The van der Waals surface area contributed by atoms with Crippen molar-refractivity contribution in [2.24, 2.45) is 0 Å². The van der Waals surface area contributed by atoms with Crippen LogP contribution in [0.15, 0.2) is 12.4 Å². The van der Waals surface area contributed by atoms with Gasteiger partial charge in [-0.3, -0.25) is 0 Å². The van der Waals surface area contributed by atoms with Crippen LogP contribution in [-0.4, -0.2) is 0 Å². The third-order valence-corrected chi connectivity index (χ3v) is 2.06. The highest BCUT2D eigenvalue weighted by molar-refractivity contribution is 4.71. The van der Waals surface area contributed by atoms with Crippen LogP contribution in [0.2, 0.25) is 0 Å². The van der Waals surface area contributed by atoms with Crippen molar-refractivity contribution in [2.45, 2.75) is 58.3 Å². The molecule has 0 aliphatic carbocycles. The van der Waals surface area contributed by atoms with Gasteiger partial charge < -0.3 is 0 Å². The molecule has 0 nitrogen and oxygen atoms in total. The van der Waals surface area contributed by atoms with E-state index in [1.165, 1.54) is 38.5 Å². The third kappa shape index (κ3) is 9.67. The average Bonchev–Trinajstić information content (AvgIpc) is 2.10. The summed E-state index contributed by atoms with van der Waals surface area (Å²) in [5.41, 5.74) is 0. The summed E-state index contributed by atoms with van der Waals surface area (Å²) in [5, 5.41) is 0. The van der Waals surface area contributed by atoms with Crippen LogP contribution in [0.4, 0.5) is 4.39 Å². The molecule has 0 aliphatic heterocycles. The summed E-state index contributed by atoms with van der Waals surface area (Å²) in [6.45, 7) is 2.23. The van der Waals surface area contributed by atoms with Gasteiger partial charge in [0.05, 0.1) is 6.33 Å². The molecule has 72 valence electrons. The summed E-state index contributed by atoms with van der Waals surface area (Å²) in [6, 6.07) is 0. The quantitative estimate of drug-likeness (QED) is 0.469. The first kappa shape index (κ1) is 11.7. The Morgan fingerprint density at radius 3 is 2.08 bits per heavy atom. The number of unbranched alkanes of at least 4 members (excludes halogenated alkanes) is 7. The first-order valence-electron chi connectivity index (χ1n) is 5.17. The third-order valence-electron chi connectivity index (χ3n) is 2.06. The second kappa shape index (κ2) is 10.7. The number of allylic oxidation sites excluding steroid dienone is 1. The second-order valence-corrected chi connectivity index (χ2v) is 3.27. The summed E-state index contributed by atoms with van der Waals surface area (Å²) in [4.78, 5) is 0. The number of rotatable bonds is 8. The summed E-state index contributed by atoms with van der Waals surface area (Å²) in [7, 11) is 0. The van der Waals surface area contributed by atoms with E-state index in [1.807, 2.05) is 0 Å². The molecule has 0 unspecified atom stereocenters. The Bertz CT molecular complexity index is 97.2. The molecule has 0 atom stereocenters. The smallest absolute Gasteiger partial charge is 0.0827 e. The summed E-state index contributed by atoms with van der Waals surface area (Å²) in [5.74, 6) is 0. The van der Waals surface area contributed by atoms with Crippen LogP contribution < -0.4 is 0 Å². The number of halogens is 1. The van der Waals surface area contributed by atoms with Crippen molar-refractivity contribution < 1.29 is 4.39 Å². The lowest BCUT2D eigenvalue weighted by molar-refractivity contribution is 0.590. The second-order valence-electron chi connectivity index (χ2n) is 3.27. The molecule has 0 bridgehead atoms. The fourth-order valence-corrected chi connectivity index (χ4v) is 1.28.